The van der Waals surface area contributed by atoms with Crippen molar-refractivity contribution in [3.8, 4) is 0 Å². The molecule has 0 unspecified atom stereocenters. The molecule has 5 atom stereocenters. The molecular formula is C41H71N3O9. The van der Waals surface area contributed by atoms with E-state index in [2.05, 4.69) is 24.5 Å². The fraction of sp³-hybridized carbons (Fsp3) is 0.780. The van der Waals surface area contributed by atoms with Gasteiger partial charge in [-0.3, -0.25) is 9.69 Å². The summed E-state index contributed by atoms with van der Waals surface area (Å²) in [6.07, 6.45) is 15.5. The second-order valence-corrected chi connectivity index (χ2v) is 14.4. The fourth-order valence-corrected chi connectivity index (χ4v) is 6.61. The molecule has 0 aliphatic carbocycles. The van der Waals surface area contributed by atoms with Crippen LogP contribution in [-0.2, 0) is 25.6 Å². The quantitative estimate of drug-likeness (QED) is 0.0536. The molecule has 1 heterocycles. The molecule has 304 valence electrons. The highest BCUT2D eigenvalue weighted by Gasteiger charge is 2.48. The minimum Gasteiger partial charge on any atom is -0.449 e. The second-order valence-electron chi connectivity index (χ2n) is 14.4. The van der Waals surface area contributed by atoms with Gasteiger partial charge in [0.15, 0.2) is 6.23 Å². The number of unbranched alkanes of at least 4 members (excludes halogenated alkanes) is 18. The monoisotopic (exact) mass is 750 g/mol. The number of hydrogen-bond acceptors (Lipinski definition) is 9. The highest BCUT2D eigenvalue weighted by molar-refractivity contribution is 5.82. The first-order chi connectivity index (χ1) is 25.8. The number of nitrogens with zero attached hydrogens (tertiary/aromatic N) is 1. The highest BCUT2D eigenvalue weighted by atomic mass is 16.6. The lowest BCUT2D eigenvalue weighted by atomic mass is 9.95. The molecule has 53 heavy (non-hydrogen) atoms. The number of ether oxygens (including phenoxy) is 3. The maximum Gasteiger partial charge on any atom is 0.411 e. The molecule has 12 nitrogen and oxygen atoms in total. The Bertz CT molecular complexity index is 1100. The summed E-state index contributed by atoms with van der Waals surface area (Å²) in [4.78, 5) is 40.3. The summed E-state index contributed by atoms with van der Waals surface area (Å²) < 4.78 is 16.9. The van der Waals surface area contributed by atoms with Gasteiger partial charge in [0.05, 0.1) is 13.2 Å². The standard InChI is InChI=1S/C41H71N3O9/c1-3-5-7-9-11-13-15-17-19-24-28-44(41(50)51-29-25-20-18-16-14-12-10-8-6-4-2)39-36(38(48)37(47)34(31-45)53-39)43-35(46)30-42-40(49)52-32-33-26-22-21-23-27-33/h21-23,26-27,34,36-39,45,47-48H,3-20,24-25,28-32H2,1-2H3,(H,42,49)(H,43,46)/t34-,36-,37-,38-,39-/m1/s1. The number of benzene rings is 1. The van der Waals surface area contributed by atoms with Crippen molar-refractivity contribution in [3.05, 3.63) is 35.9 Å². The van der Waals surface area contributed by atoms with Crippen LogP contribution in [0.15, 0.2) is 30.3 Å². The van der Waals surface area contributed by atoms with Crippen molar-refractivity contribution in [2.75, 3.05) is 26.3 Å². The van der Waals surface area contributed by atoms with Gasteiger partial charge in [0.25, 0.3) is 0 Å². The van der Waals surface area contributed by atoms with E-state index in [1.165, 1.54) is 81.9 Å². The molecule has 1 aliphatic heterocycles. The lowest BCUT2D eigenvalue weighted by Crippen LogP contribution is -2.69. The van der Waals surface area contributed by atoms with Crippen LogP contribution >= 0.6 is 0 Å². The first kappa shape index (κ1) is 46.2. The lowest BCUT2D eigenvalue weighted by molar-refractivity contribution is -0.226. The Balaban J connectivity index is 1.99. The molecule has 0 spiro atoms. The van der Waals surface area contributed by atoms with Crippen molar-refractivity contribution in [1.82, 2.24) is 15.5 Å². The zero-order valence-corrected chi connectivity index (χ0v) is 32.7. The maximum atomic E-state index is 13.6. The minimum atomic E-state index is -1.58. The summed E-state index contributed by atoms with van der Waals surface area (Å²) in [5.41, 5.74) is 0.785. The highest BCUT2D eigenvalue weighted by Crippen LogP contribution is 2.25. The Morgan fingerprint density at radius 1 is 0.717 bits per heavy atom. The van der Waals surface area contributed by atoms with Gasteiger partial charge in [-0.1, -0.05) is 160 Å². The zero-order valence-electron chi connectivity index (χ0n) is 32.7. The molecule has 0 radical (unpaired) electrons. The van der Waals surface area contributed by atoms with Crippen molar-refractivity contribution < 1.29 is 43.9 Å². The zero-order chi connectivity index (χ0) is 38.5. The van der Waals surface area contributed by atoms with Crippen LogP contribution in [0.3, 0.4) is 0 Å². The lowest BCUT2D eigenvalue weighted by Gasteiger charge is -2.46. The van der Waals surface area contributed by atoms with Gasteiger partial charge in [0.1, 0.15) is 37.5 Å². The predicted molar refractivity (Wildman–Crippen MR) is 206 cm³/mol. The van der Waals surface area contributed by atoms with E-state index < -0.39 is 61.8 Å². The summed E-state index contributed by atoms with van der Waals surface area (Å²) in [5, 5.41) is 36.9. The van der Waals surface area contributed by atoms with E-state index in [9.17, 15) is 29.7 Å². The van der Waals surface area contributed by atoms with Gasteiger partial charge in [-0.25, -0.2) is 9.59 Å². The van der Waals surface area contributed by atoms with Crippen molar-refractivity contribution in [2.24, 2.45) is 0 Å². The summed E-state index contributed by atoms with van der Waals surface area (Å²) in [6.45, 7) is 3.82. The van der Waals surface area contributed by atoms with Crippen LogP contribution in [0.5, 0.6) is 0 Å². The SMILES string of the molecule is CCCCCCCCCCCCOC(=O)N(CCCCCCCCCCCC)[C@@H]1O[C@H](CO)[C@@H](O)[C@H](O)[C@H]1NC(=O)CNC(=O)OCc1ccccc1. The normalized spacial score (nSPS) is 19.8. The molecule has 5 N–H and O–H groups in total. The number of carbonyl (C=O) groups excluding carboxylic acids is 3. The summed E-state index contributed by atoms with van der Waals surface area (Å²) in [6, 6.07) is 7.83. The number of hydrogen-bond donors (Lipinski definition) is 5. The van der Waals surface area contributed by atoms with Crippen LogP contribution in [0.4, 0.5) is 9.59 Å². The van der Waals surface area contributed by atoms with E-state index >= 15 is 0 Å². The van der Waals surface area contributed by atoms with Crippen LogP contribution in [0.25, 0.3) is 0 Å². The number of amides is 3. The molecule has 0 aromatic heterocycles. The van der Waals surface area contributed by atoms with Crippen molar-refractivity contribution in [2.45, 2.75) is 179 Å². The molecule has 1 aromatic rings. The number of aliphatic hydroxyl groups excluding tert-OH is 3. The van der Waals surface area contributed by atoms with E-state index in [-0.39, 0.29) is 19.8 Å². The van der Waals surface area contributed by atoms with E-state index in [1.807, 2.05) is 18.2 Å². The third-order valence-corrected chi connectivity index (χ3v) is 9.85. The number of carbonyl (C=O) groups is 3. The van der Waals surface area contributed by atoms with E-state index in [1.54, 1.807) is 12.1 Å². The van der Waals surface area contributed by atoms with E-state index in [0.717, 1.165) is 44.1 Å². The van der Waals surface area contributed by atoms with E-state index in [4.69, 9.17) is 14.2 Å². The molecule has 12 heteroatoms. The van der Waals surface area contributed by atoms with Crippen LogP contribution in [-0.4, -0.2) is 95.2 Å². The van der Waals surface area contributed by atoms with Crippen LogP contribution < -0.4 is 10.6 Å². The third kappa shape index (κ3) is 19.8. The maximum absolute atomic E-state index is 13.6. The molecular weight excluding hydrogens is 678 g/mol. The first-order valence-electron chi connectivity index (χ1n) is 20.6. The Kier molecular flexibility index (Phi) is 25.7. The third-order valence-electron chi connectivity index (χ3n) is 9.85. The number of alkyl carbamates (subject to hydrolysis) is 1. The number of nitrogens with one attached hydrogen (secondary N) is 2. The summed E-state index contributed by atoms with van der Waals surface area (Å²) in [7, 11) is 0. The van der Waals surface area contributed by atoms with E-state index in [0.29, 0.717) is 12.8 Å². The fourth-order valence-electron chi connectivity index (χ4n) is 6.61. The van der Waals surface area contributed by atoms with Crippen LogP contribution in [0.1, 0.15) is 148 Å². The molecule has 3 amide bonds. The van der Waals surface area contributed by atoms with Gasteiger partial charge < -0.3 is 40.2 Å². The van der Waals surface area contributed by atoms with Crippen LogP contribution in [0, 0.1) is 0 Å². The smallest absolute Gasteiger partial charge is 0.411 e. The topological polar surface area (TPSA) is 167 Å². The molecule has 1 aromatic carbocycles. The summed E-state index contributed by atoms with van der Waals surface area (Å²) in [5.74, 6) is -0.688. The Morgan fingerprint density at radius 2 is 1.25 bits per heavy atom. The van der Waals surface area contributed by atoms with Gasteiger partial charge >= 0.3 is 12.2 Å². The minimum absolute atomic E-state index is 0.0233. The van der Waals surface area contributed by atoms with Gasteiger partial charge in [-0.05, 0) is 18.4 Å². The Morgan fingerprint density at radius 3 is 1.79 bits per heavy atom. The first-order valence-corrected chi connectivity index (χ1v) is 20.6. The van der Waals surface area contributed by atoms with Crippen molar-refractivity contribution in [1.29, 1.82) is 0 Å². The molecule has 2 rings (SSSR count). The Hall–Kier alpha value is -2.93. The molecule has 1 fully saturated rings. The Labute approximate surface area is 318 Å². The largest absolute Gasteiger partial charge is 0.449 e. The molecule has 0 bridgehead atoms. The van der Waals surface area contributed by atoms with Gasteiger partial charge in [0, 0.05) is 6.54 Å². The second kappa shape index (κ2) is 29.4. The van der Waals surface area contributed by atoms with Crippen molar-refractivity contribution >= 4 is 18.1 Å². The number of aliphatic hydroxyl groups is 3. The molecule has 0 saturated carbocycles. The molecule has 1 saturated heterocycles. The number of rotatable bonds is 29. The van der Waals surface area contributed by atoms with Gasteiger partial charge in [-0.15, -0.1) is 0 Å². The van der Waals surface area contributed by atoms with Gasteiger partial charge in [-0.2, -0.15) is 0 Å². The average Bonchev–Trinajstić information content (AvgIpc) is 3.17. The predicted octanol–water partition coefficient (Wildman–Crippen LogP) is 7.12. The van der Waals surface area contributed by atoms with Crippen molar-refractivity contribution in [3.63, 3.8) is 0 Å². The van der Waals surface area contributed by atoms with Gasteiger partial charge in [0.2, 0.25) is 5.91 Å². The van der Waals surface area contributed by atoms with Crippen LogP contribution in [0.2, 0.25) is 0 Å². The summed E-state index contributed by atoms with van der Waals surface area (Å²) >= 11 is 0. The molecule has 1 aliphatic rings. The average molecular weight is 750 g/mol.